The molecule has 24 heavy (non-hydrogen) atoms. The summed E-state index contributed by atoms with van der Waals surface area (Å²) in [6, 6.07) is 7.62. The second-order valence-corrected chi connectivity index (χ2v) is 6.42. The van der Waals surface area contributed by atoms with Gasteiger partial charge in [-0.3, -0.25) is 9.59 Å². The van der Waals surface area contributed by atoms with Crippen molar-refractivity contribution >= 4 is 17.9 Å². The third-order valence-corrected chi connectivity index (χ3v) is 4.30. The first-order valence-electron chi connectivity index (χ1n) is 8.69. The van der Waals surface area contributed by atoms with E-state index in [2.05, 4.69) is 10.6 Å². The van der Waals surface area contributed by atoms with E-state index in [9.17, 15) is 9.59 Å². The van der Waals surface area contributed by atoms with Gasteiger partial charge in [0.2, 0.25) is 5.91 Å². The van der Waals surface area contributed by atoms with Crippen LogP contribution in [0, 0.1) is 0 Å². The number of carbonyl (C=O) groups excluding carboxylic acids is 2. The van der Waals surface area contributed by atoms with Gasteiger partial charge in [-0.1, -0.05) is 12.1 Å². The summed E-state index contributed by atoms with van der Waals surface area (Å²) in [6.07, 6.45) is 8.80. The van der Waals surface area contributed by atoms with Crippen LogP contribution >= 0.6 is 0 Å². The lowest BCUT2D eigenvalue weighted by Gasteiger charge is -2.08. The van der Waals surface area contributed by atoms with E-state index < -0.39 is 0 Å². The molecule has 0 spiro atoms. The van der Waals surface area contributed by atoms with Crippen molar-refractivity contribution in [2.45, 2.75) is 44.2 Å². The first-order chi connectivity index (χ1) is 11.7. The van der Waals surface area contributed by atoms with Crippen molar-refractivity contribution in [3.63, 3.8) is 0 Å². The van der Waals surface area contributed by atoms with Gasteiger partial charge in [0.1, 0.15) is 0 Å². The third-order valence-electron chi connectivity index (χ3n) is 4.30. The number of hydrogen-bond acceptors (Lipinski definition) is 3. The number of benzene rings is 1. The molecule has 1 aromatic carbocycles. The molecule has 0 radical (unpaired) electrons. The van der Waals surface area contributed by atoms with Crippen molar-refractivity contribution < 1.29 is 14.3 Å². The minimum Gasteiger partial charge on any atom is -0.378 e. The van der Waals surface area contributed by atoms with E-state index in [1.54, 1.807) is 18.2 Å². The summed E-state index contributed by atoms with van der Waals surface area (Å²) < 4.78 is 5.52. The van der Waals surface area contributed by atoms with Crippen LogP contribution in [0.15, 0.2) is 30.3 Å². The molecule has 2 aliphatic rings. The maximum Gasteiger partial charge on any atom is 0.251 e. The van der Waals surface area contributed by atoms with Crippen LogP contribution in [0.25, 0.3) is 6.08 Å². The van der Waals surface area contributed by atoms with Crippen molar-refractivity contribution in [1.29, 1.82) is 0 Å². The summed E-state index contributed by atoms with van der Waals surface area (Å²) in [5.41, 5.74) is 1.55. The number of hydrogen-bond donors (Lipinski definition) is 2. The fourth-order valence-corrected chi connectivity index (χ4v) is 2.70. The highest BCUT2D eigenvalue weighted by atomic mass is 16.5. The van der Waals surface area contributed by atoms with Crippen molar-refractivity contribution in [3.8, 4) is 0 Å². The molecule has 3 rings (SSSR count). The SMILES string of the molecule is O=C(/C=C/c1ccc(C(=O)NC2CC2)cc1)NCCC1CCCO1. The molecule has 5 nitrogen and oxygen atoms in total. The molecular formula is C19H24N2O3. The Morgan fingerprint density at radius 2 is 1.96 bits per heavy atom. The van der Waals surface area contributed by atoms with Gasteiger partial charge in [-0.25, -0.2) is 0 Å². The van der Waals surface area contributed by atoms with Gasteiger partial charge in [-0.2, -0.15) is 0 Å². The summed E-state index contributed by atoms with van der Waals surface area (Å²) in [5, 5.41) is 5.82. The first-order valence-corrected chi connectivity index (χ1v) is 8.69. The molecule has 0 aromatic heterocycles. The van der Waals surface area contributed by atoms with E-state index in [1.807, 2.05) is 12.1 Å². The van der Waals surface area contributed by atoms with Crippen LogP contribution in [0.4, 0.5) is 0 Å². The minimum atomic E-state index is -0.108. The van der Waals surface area contributed by atoms with Gasteiger partial charge in [0.15, 0.2) is 0 Å². The molecule has 2 N–H and O–H groups in total. The lowest BCUT2D eigenvalue weighted by atomic mass is 10.1. The summed E-state index contributed by atoms with van der Waals surface area (Å²) in [7, 11) is 0. The molecule has 1 saturated carbocycles. The highest BCUT2D eigenvalue weighted by Gasteiger charge is 2.23. The maximum atomic E-state index is 11.9. The number of carbonyl (C=O) groups is 2. The average Bonchev–Trinajstić information content (AvgIpc) is 3.25. The van der Waals surface area contributed by atoms with Crippen LogP contribution in [0.3, 0.4) is 0 Å². The molecule has 2 amide bonds. The molecule has 128 valence electrons. The zero-order chi connectivity index (χ0) is 16.8. The Morgan fingerprint density at radius 3 is 2.62 bits per heavy atom. The van der Waals surface area contributed by atoms with Gasteiger partial charge in [0.25, 0.3) is 5.91 Å². The Hall–Kier alpha value is -2.14. The van der Waals surface area contributed by atoms with Gasteiger partial charge < -0.3 is 15.4 Å². The van der Waals surface area contributed by atoms with Crippen molar-refractivity contribution in [1.82, 2.24) is 10.6 Å². The minimum absolute atomic E-state index is 0.0279. The van der Waals surface area contributed by atoms with E-state index >= 15 is 0 Å². The Labute approximate surface area is 142 Å². The lowest BCUT2D eigenvalue weighted by molar-refractivity contribution is -0.116. The second kappa shape index (κ2) is 8.11. The van der Waals surface area contributed by atoms with E-state index in [4.69, 9.17) is 4.74 Å². The van der Waals surface area contributed by atoms with Crippen LogP contribution in [0.5, 0.6) is 0 Å². The Balaban J connectivity index is 1.41. The summed E-state index contributed by atoms with van der Waals surface area (Å²) >= 11 is 0. The van der Waals surface area contributed by atoms with Gasteiger partial charge in [-0.15, -0.1) is 0 Å². The normalized spacial score (nSPS) is 20.2. The van der Waals surface area contributed by atoms with Crippen LogP contribution in [-0.2, 0) is 9.53 Å². The number of amides is 2. The molecule has 1 aliphatic carbocycles. The molecule has 1 unspecified atom stereocenters. The largest absolute Gasteiger partial charge is 0.378 e. The second-order valence-electron chi connectivity index (χ2n) is 6.42. The smallest absolute Gasteiger partial charge is 0.251 e. The predicted molar refractivity (Wildman–Crippen MR) is 92.6 cm³/mol. The van der Waals surface area contributed by atoms with Crippen molar-refractivity contribution in [2.75, 3.05) is 13.2 Å². The first kappa shape index (κ1) is 16.7. The van der Waals surface area contributed by atoms with E-state index in [0.717, 1.165) is 44.3 Å². The van der Waals surface area contributed by atoms with Crippen LogP contribution < -0.4 is 10.6 Å². The Morgan fingerprint density at radius 1 is 1.17 bits per heavy atom. The molecule has 1 aliphatic heterocycles. The quantitative estimate of drug-likeness (QED) is 0.755. The highest BCUT2D eigenvalue weighted by molar-refractivity contribution is 5.95. The fourth-order valence-electron chi connectivity index (χ4n) is 2.70. The molecule has 0 bridgehead atoms. The van der Waals surface area contributed by atoms with Gasteiger partial charge >= 0.3 is 0 Å². The molecule has 1 aromatic rings. The number of rotatable bonds is 7. The number of ether oxygens (including phenoxy) is 1. The fraction of sp³-hybridized carbons (Fsp3) is 0.474. The van der Waals surface area contributed by atoms with Crippen LogP contribution in [0.1, 0.15) is 48.0 Å². The standard InChI is InChI=1S/C19H24N2O3/c22-18(20-12-11-17-2-1-13-24-17)10-5-14-3-6-15(7-4-14)19(23)21-16-8-9-16/h3-7,10,16-17H,1-2,8-9,11-13H2,(H,20,22)(H,21,23)/b10-5+. The van der Waals surface area contributed by atoms with E-state index in [1.165, 1.54) is 6.08 Å². The van der Waals surface area contributed by atoms with Gasteiger partial charge in [-0.05, 0) is 55.9 Å². The van der Waals surface area contributed by atoms with E-state index in [-0.39, 0.29) is 11.8 Å². The summed E-state index contributed by atoms with van der Waals surface area (Å²) in [4.78, 5) is 23.7. The third kappa shape index (κ3) is 5.20. The molecule has 1 heterocycles. The van der Waals surface area contributed by atoms with E-state index in [0.29, 0.717) is 24.3 Å². The average molecular weight is 328 g/mol. The summed E-state index contributed by atoms with van der Waals surface area (Å²) in [5.74, 6) is -0.136. The molecule has 2 fully saturated rings. The van der Waals surface area contributed by atoms with Crippen LogP contribution in [-0.4, -0.2) is 37.1 Å². The maximum absolute atomic E-state index is 11.9. The van der Waals surface area contributed by atoms with Crippen molar-refractivity contribution in [3.05, 3.63) is 41.5 Å². The van der Waals surface area contributed by atoms with Gasteiger partial charge in [0.05, 0.1) is 6.10 Å². The lowest BCUT2D eigenvalue weighted by Crippen LogP contribution is -2.25. The monoisotopic (exact) mass is 328 g/mol. The zero-order valence-corrected chi connectivity index (χ0v) is 13.8. The zero-order valence-electron chi connectivity index (χ0n) is 13.8. The predicted octanol–water partition coefficient (Wildman–Crippen LogP) is 2.28. The van der Waals surface area contributed by atoms with Crippen LogP contribution in [0.2, 0.25) is 0 Å². The van der Waals surface area contributed by atoms with Gasteiger partial charge in [0, 0.05) is 30.8 Å². The summed E-state index contributed by atoms with van der Waals surface area (Å²) in [6.45, 7) is 1.47. The molecule has 1 saturated heterocycles. The molecule has 1 atom stereocenters. The molecule has 5 heteroatoms. The van der Waals surface area contributed by atoms with Crippen molar-refractivity contribution in [2.24, 2.45) is 0 Å². The molecular weight excluding hydrogens is 304 g/mol. The number of nitrogens with one attached hydrogen (secondary N) is 2. The topological polar surface area (TPSA) is 67.4 Å². The Bertz CT molecular complexity index is 600. The Kier molecular flexibility index (Phi) is 5.64. The highest BCUT2D eigenvalue weighted by Crippen LogP contribution is 2.19.